The summed E-state index contributed by atoms with van der Waals surface area (Å²) in [4.78, 5) is 28.3. The fourth-order valence-corrected chi connectivity index (χ4v) is 6.18. The molecule has 1 aromatic heterocycles. The fraction of sp³-hybridized carbons (Fsp3) is 0.514. The number of carbonyl (C=O) groups is 2. The van der Waals surface area contributed by atoms with Crippen LogP contribution in [0.25, 0.3) is 0 Å². The van der Waals surface area contributed by atoms with E-state index >= 15 is 0 Å². The van der Waals surface area contributed by atoms with E-state index in [1.165, 1.54) is 0 Å². The number of piperidine rings is 3. The summed E-state index contributed by atoms with van der Waals surface area (Å²) in [6, 6.07) is 18.8. The minimum atomic E-state index is -0.414. The molecule has 3 aromatic rings. The minimum absolute atomic E-state index is 0.0763. The van der Waals surface area contributed by atoms with Crippen molar-refractivity contribution in [2.24, 2.45) is 13.0 Å². The number of amides is 2. The topological polar surface area (TPSA) is 116 Å². The first-order valence-electron chi connectivity index (χ1n) is 16.4. The Labute approximate surface area is 271 Å². The van der Waals surface area contributed by atoms with Crippen LogP contribution in [0.2, 0.25) is 0 Å². The molecule has 3 aliphatic rings. The molecule has 0 spiro atoms. The molecule has 0 saturated carbocycles. The number of nitrogens with zero attached hydrogens (tertiary/aromatic N) is 3. The van der Waals surface area contributed by atoms with Crippen LogP contribution in [0.5, 0.6) is 5.75 Å². The van der Waals surface area contributed by atoms with Crippen molar-refractivity contribution in [1.82, 2.24) is 25.3 Å². The molecule has 2 N–H and O–H groups in total. The lowest BCUT2D eigenvalue weighted by Crippen LogP contribution is -2.52. The molecule has 3 saturated heterocycles. The van der Waals surface area contributed by atoms with Gasteiger partial charge >= 0.3 is 6.09 Å². The van der Waals surface area contributed by atoms with E-state index in [4.69, 9.17) is 18.9 Å². The number of alkyl carbamates (subject to hydrolysis) is 1. The summed E-state index contributed by atoms with van der Waals surface area (Å²) in [5.41, 5.74) is 2.90. The summed E-state index contributed by atoms with van der Waals surface area (Å²) in [6.07, 6.45) is 2.83. The number of fused-ring (bicyclic) bond motifs is 3. The molecular weight excluding hydrogens is 586 g/mol. The zero-order valence-electron chi connectivity index (χ0n) is 27.2. The zero-order valence-corrected chi connectivity index (χ0v) is 27.2. The standard InChI is InChI=1S/C35H47N5O6/c1-4-43-32(44-5-2)15-10-18-36-34(41)30-22-28(39(3)38-30)24-45-29-14-9-13-27(21-29)33(26-11-7-6-8-12-26)37-35(42)46-31-23-40-19-16-25(31)17-20-40/h6-9,11-14,21-22,25,31-33H,4-5,10,15-20,23-24H2,1-3H3,(H,36,41)(H,37,42). The summed E-state index contributed by atoms with van der Waals surface area (Å²) in [6.45, 7) is 8.72. The molecule has 2 unspecified atom stereocenters. The first-order chi connectivity index (χ1) is 22.4. The Morgan fingerprint density at radius 2 is 1.72 bits per heavy atom. The number of hydrogen-bond acceptors (Lipinski definition) is 8. The summed E-state index contributed by atoms with van der Waals surface area (Å²) in [5.74, 6) is 0.826. The van der Waals surface area contributed by atoms with E-state index in [1.54, 1.807) is 17.8 Å². The first kappa shape index (κ1) is 33.4. The van der Waals surface area contributed by atoms with Gasteiger partial charge in [-0.2, -0.15) is 5.10 Å². The van der Waals surface area contributed by atoms with Gasteiger partial charge in [-0.3, -0.25) is 14.4 Å². The molecule has 2 atom stereocenters. The molecule has 11 heteroatoms. The Hall–Kier alpha value is -3.93. The van der Waals surface area contributed by atoms with Crippen LogP contribution in [-0.4, -0.2) is 78.5 Å². The lowest BCUT2D eigenvalue weighted by Gasteiger charge is -2.43. The van der Waals surface area contributed by atoms with E-state index in [9.17, 15) is 9.59 Å². The van der Waals surface area contributed by atoms with E-state index in [0.29, 0.717) is 43.5 Å². The quantitative estimate of drug-likeness (QED) is 0.171. The third-order valence-electron chi connectivity index (χ3n) is 8.64. The van der Waals surface area contributed by atoms with Gasteiger partial charge < -0.3 is 29.6 Å². The van der Waals surface area contributed by atoms with Crippen LogP contribution in [0.4, 0.5) is 4.79 Å². The first-order valence-corrected chi connectivity index (χ1v) is 16.4. The number of nitrogens with one attached hydrogen (secondary N) is 2. The zero-order chi connectivity index (χ0) is 32.3. The predicted molar refractivity (Wildman–Crippen MR) is 173 cm³/mol. The largest absolute Gasteiger partial charge is 0.487 e. The van der Waals surface area contributed by atoms with Crippen molar-refractivity contribution in [3.63, 3.8) is 0 Å². The molecule has 0 radical (unpaired) electrons. The Morgan fingerprint density at radius 3 is 2.41 bits per heavy atom. The number of ether oxygens (including phenoxy) is 4. The van der Waals surface area contributed by atoms with Crippen LogP contribution < -0.4 is 15.4 Å². The van der Waals surface area contributed by atoms with Gasteiger partial charge in [0.15, 0.2) is 12.0 Å². The van der Waals surface area contributed by atoms with Crippen LogP contribution in [0, 0.1) is 5.92 Å². The van der Waals surface area contributed by atoms with Gasteiger partial charge in [0.1, 0.15) is 18.5 Å². The Kier molecular flexibility index (Phi) is 12.0. The van der Waals surface area contributed by atoms with Gasteiger partial charge in [0, 0.05) is 39.8 Å². The highest BCUT2D eigenvalue weighted by Crippen LogP contribution is 2.31. The number of carbonyl (C=O) groups excluding carboxylic acids is 2. The smallest absolute Gasteiger partial charge is 0.408 e. The second kappa shape index (κ2) is 16.6. The average Bonchev–Trinajstić information content (AvgIpc) is 3.46. The van der Waals surface area contributed by atoms with Crippen molar-refractivity contribution < 1.29 is 28.5 Å². The van der Waals surface area contributed by atoms with Gasteiger partial charge in [0.2, 0.25) is 0 Å². The van der Waals surface area contributed by atoms with Crippen molar-refractivity contribution in [3.05, 3.63) is 83.2 Å². The average molecular weight is 634 g/mol. The van der Waals surface area contributed by atoms with Gasteiger partial charge in [-0.05, 0) is 81.4 Å². The lowest BCUT2D eigenvalue weighted by molar-refractivity contribution is -0.139. The second-order valence-corrected chi connectivity index (χ2v) is 11.8. The molecule has 2 aromatic carbocycles. The maximum Gasteiger partial charge on any atom is 0.408 e. The van der Waals surface area contributed by atoms with E-state index in [0.717, 1.165) is 55.7 Å². The maximum absolute atomic E-state index is 13.2. The van der Waals surface area contributed by atoms with Gasteiger partial charge in [-0.25, -0.2) is 4.79 Å². The van der Waals surface area contributed by atoms with Gasteiger partial charge in [-0.15, -0.1) is 0 Å². The molecule has 2 bridgehead atoms. The molecule has 3 fully saturated rings. The van der Waals surface area contributed by atoms with Crippen LogP contribution >= 0.6 is 0 Å². The highest BCUT2D eigenvalue weighted by atomic mass is 16.7. The third kappa shape index (κ3) is 9.08. The molecule has 0 aliphatic carbocycles. The van der Waals surface area contributed by atoms with E-state index in [2.05, 4.69) is 20.6 Å². The summed E-state index contributed by atoms with van der Waals surface area (Å²) in [5, 5.41) is 10.4. The normalized spacial score (nSPS) is 19.5. The number of rotatable bonds is 16. The van der Waals surface area contributed by atoms with Crippen molar-refractivity contribution in [1.29, 1.82) is 0 Å². The van der Waals surface area contributed by atoms with Gasteiger partial charge in [0.25, 0.3) is 5.91 Å². The molecule has 2 amide bonds. The highest BCUT2D eigenvalue weighted by molar-refractivity contribution is 5.92. The summed E-state index contributed by atoms with van der Waals surface area (Å²) in [7, 11) is 1.79. The van der Waals surface area contributed by atoms with Crippen LogP contribution in [-0.2, 0) is 27.9 Å². The molecule has 46 heavy (non-hydrogen) atoms. The van der Waals surface area contributed by atoms with E-state index < -0.39 is 12.1 Å². The SMILES string of the molecule is CCOC(CCCNC(=O)c1cc(COc2cccc(C(NC(=O)OC3CN4CCC3CC4)c3ccccc3)c2)n(C)n1)OCC. The van der Waals surface area contributed by atoms with Gasteiger partial charge in [-0.1, -0.05) is 42.5 Å². The van der Waals surface area contributed by atoms with Crippen LogP contribution in [0.3, 0.4) is 0 Å². The molecule has 248 valence electrons. The second-order valence-electron chi connectivity index (χ2n) is 11.8. The van der Waals surface area contributed by atoms with E-state index in [-0.39, 0.29) is 24.9 Å². The molecule has 6 rings (SSSR count). The lowest BCUT2D eigenvalue weighted by atomic mass is 9.86. The highest BCUT2D eigenvalue weighted by Gasteiger charge is 2.37. The predicted octanol–water partition coefficient (Wildman–Crippen LogP) is 4.82. The van der Waals surface area contributed by atoms with Crippen LogP contribution in [0.15, 0.2) is 60.7 Å². The molecule has 11 nitrogen and oxygen atoms in total. The van der Waals surface area contributed by atoms with Crippen molar-refractivity contribution in [3.8, 4) is 5.75 Å². The monoisotopic (exact) mass is 633 g/mol. The molecular formula is C35H47N5O6. The minimum Gasteiger partial charge on any atom is -0.487 e. The Balaban J connectivity index is 1.18. The van der Waals surface area contributed by atoms with Crippen LogP contribution in [0.1, 0.15) is 72.9 Å². The van der Waals surface area contributed by atoms with E-state index in [1.807, 2.05) is 68.4 Å². The van der Waals surface area contributed by atoms with Crippen molar-refractivity contribution >= 4 is 12.0 Å². The molecule has 4 heterocycles. The maximum atomic E-state index is 13.2. The van der Waals surface area contributed by atoms with Crippen molar-refractivity contribution in [2.45, 2.75) is 64.6 Å². The Morgan fingerprint density at radius 1 is 0.978 bits per heavy atom. The number of aromatic nitrogens is 2. The molecule has 3 aliphatic heterocycles. The Bertz CT molecular complexity index is 1400. The number of aryl methyl sites for hydroxylation is 1. The fourth-order valence-electron chi connectivity index (χ4n) is 6.18. The summed E-state index contributed by atoms with van der Waals surface area (Å²) >= 11 is 0. The third-order valence-corrected chi connectivity index (χ3v) is 8.64. The van der Waals surface area contributed by atoms with Gasteiger partial charge in [0.05, 0.1) is 11.7 Å². The number of benzene rings is 2. The van der Waals surface area contributed by atoms with Crippen molar-refractivity contribution in [2.75, 3.05) is 39.4 Å². The number of hydrogen-bond donors (Lipinski definition) is 2. The summed E-state index contributed by atoms with van der Waals surface area (Å²) < 4.78 is 24.9.